The maximum Gasteiger partial charge on any atom is 0.261 e. The smallest absolute Gasteiger partial charge is 0.261 e. The number of hydrogen-bond acceptors (Lipinski definition) is 5. The Balaban J connectivity index is 1.67. The molecule has 0 saturated carbocycles. The quantitative estimate of drug-likeness (QED) is 0.579. The number of aliphatic imine (C=N–C) groups is 2. The Morgan fingerprint density at radius 1 is 0.727 bits per heavy atom. The molecular weight excluding hydrogens is 434 g/mol. The van der Waals surface area contributed by atoms with E-state index in [1.807, 2.05) is 60.7 Å². The molecule has 0 bridgehead atoms. The number of nitrogens with one attached hydrogen (secondary N) is 1. The van der Waals surface area contributed by atoms with Crippen LogP contribution < -0.4 is 4.72 Å². The molecule has 3 aromatic rings. The molecule has 0 saturated heterocycles. The molecule has 0 heterocycles. The Labute approximate surface area is 193 Å². The van der Waals surface area contributed by atoms with E-state index >= 15 is 0 Å². The standard InChI is InChI=1S/C26H23N3O3S/c30-26-17-23(27-18-20-10-4-1-5-11-20)24(29-33(31,32)22-14-8-3-9-15-22)16-25(26)28-19-21-12-6-2-7-13-21/h1-16,29H,17-19H2. The summed E-state index contributed by atoms with van der Waals surface area (Å²) < 4.78 is 28.5. The van der Waals surface area contributed by atoms with Crippen LogP contribution in [0.25, 0.3) is 0 Å². The third-order valence-electron chi connectivity index (χ3n) is 5.07. The van der Waals surface area contributed by atoms with Gasteiger partial charge in [-0.15, -0.1) is 0 Å². The number of hydrogen-bond donors (Lipinski definition) is 1. The second-order valence-electron chi connectivity index (χ2n) is 7.51. The van der Waals surface area contributed by atoms with Gasteiger partial charge in [-0.1, -0.05) is 78.9 Å². The van der Waals surface area contributed by atoms with Gasteiger partial charge in [-0.25, -0.2) is 8.42 Å². The molecule has 3 aromatic carbocycles. The number of sulfonamides is 1. The van der Waals surface area contributed by atoms with Gasteiger partial charge in [0.05, 0.1) is 35.8 Å². The molecule has 1 N–H and O–H groups in total. The van der Waals surface area contributed by atoms with Gasteiger partial charge in [0.15, 0.2) is 5.78 Å². The van der Waals surface area contributed by atoms with Crippen molar-refractivity contribution < 1.29 is 13.2 Å². The van der Waals surface area contributed by atoms with Crippen molar-refractivity contribution in [3.05, 3.63) is 114 Å². The molecule has 7 heteroatoms. The van der Waals surface area contributed by atoms with Gasteiger partial charge in [0.25, 0.3) is 10.0 Å². The molecule has 4 rings (SSSR count). The van der Waals surface area contributed by atoms with E-state index in [0.29, 0.717) is 18.8 Å². The van der Waals surface area contributed by atoms with Gasteiger partial charge in [-0.3, -0.25) is 19.5 Å². The van der Waals surface area contributed by atoms with Gasteiger partial charge in [0, 0.05) is 0 Å². The Bertz CT molecular complexity index is 1310. The van der Waals surface area contributed by atoms with Crippen LogP contribution in [-0.4, -0.2) is 25.6 Å². The van der Waals surface area contributed by atoms with Gasteiger partial charge in [-0.2, -0.15) is 0 Å². The molecule has 0 amide bonds. The van der Waals surface area contributed by atoms with Crippen LogP contribution in [0.1, 0.15) is 17.5 Å². The number of ketones is 1. The molecule has 0 radical (unpaired) electrons. The molecule has 0 fully saturated rings. The molecular formula is C26H23N3O3S. The van der Waals surface area contributed by atoms with E-state index < -0.39 is 10.0 Å². The first-order chi connectivity index (χ1) is 16.0. The molecule has 0 aromatic heterocycles. The fraction of sp³-hybridized carbons (Fsp3) is 0.115. The van der Waals surface area contributed by atoms with E-state index in [9.17, 15) is 13.2 Å². The van der Waals surface area contributed by atoms with Crippen molar-refractivity contribution in [1.29, 1.82) is 0 Å². The van der Waals surface area contributed by atoms with Crippen molar-refractivity contribution in [3.8, 4) is 0 Å². The van der Waals surface area contributed by atoms with E-state index in [4.69, 9.17) is 0 Å². The van der Waals surface area contributed by atoms with Gasteiger partial charge in [-0.05, 0) is 29.3 Å². The topological polar surface area (TPSA) is 88.0 Å². The highest BCUT2D eigenvalue weighted by Gasteiger charge is 2.26. The number of carbonyl (C=O) groups is 1. The lowest BCUT2D eigenvalue weighted by Gasteiger charge is -2.19. The van der Waals surface area contributed by atoms with Crippen molar-refractivity contribution in [3.63, 3.8) is 0 Å². The third-order valence-corrected chi connectivity index (χ3v) is 6.46. The Hall–Kier alpha value is -3.84. The summed E-state index contributed by atoms with van der Waals surface area (Å²) in [5.74, 6) is -0.194. The van der Waals surface area contributed by atoms with E-state index in [0.717, 1.165) is 11.1 Å². The lowest BCUT2D eigenvalue weighted by molar-refractivity contribution is -0.111. The minimum Gasteiger partial charge on any atom is -0.292 e. The first-order valence-electron chi connectivity index (χ1n) is 10.5. The summed E-state index contributed by atoms with van der Waals surface area (Å²) in [6.07, 6.45) is 1.46. The van der Waals surface area contributed by atoms with Crippen LogP contribution in [0.4, 0.5) is 0 Å². The normalized spacial score (nSPS) is 16.6. The number of carbonyl (C=O) groups excluding carboxylic acids is 1. The first kappa shape index (κ1) is 22.4. The summed E-state index contributed by atoms with van der Waals surface area (Å²) >= 11 is 0. The second-order valence-corrected chi connectivity index (χ2v) is 9.19. The van der Waals surface area contributed by atoms with Gasteiger partial charge in [0.2, 0.25) is 0 Å². The fourth-order valence-electron chi connectivity index (χ4n) is 3.33. The number of benzene rings is 3. The molecule has 0 atom stereocenters. The van der Waals surface area contributed by atoms with Crippen LogP contribution in [0.15, 0.2) is 118 Å². The van der Waals surface area contributed by atoms with Crippen LogP contribution in [0.2, 0.25) is 0 Å². The maximum atomic E-state index is 13.0. The van der Waals surface area contributed by atoms with E-state index in [1.54, 1.807) is 18.2 Å². The zero-order chi connectivity index (χ0) is 23.1. The highest BCUT2D eigenvalue weighted by molar-refractivity contribution is 7.89. The Morgan fingerprint density at radius 2 is 1.24 bits per heavy atom. The second kappa shape index (κ2) is 10.2. The predicted molar refractivity (Wildman–Crippen MR) is 130 cm³/mol. The van der Waals surface area contributed by atoms with Crippen molar-refractivity contribution in [2.75, 3.05) is 0 Å². The van der Waals surface area contributed by atoms with Crippen LogP contribution >= 0.6 is 0 Å². The first-order valence-corrected chi connectivity index (χ1v) is 12.0. The van der Waals surface area contributed by atoms with Gasteiger partial charge in [0.1, 0.15) is 5.71 Å². The fourth-order valence-corrected chi connectivity index (χ4v) is 4.43. The summed E-state index contributed by atoms with van der Waals surface area (Å²) in [6, 6.07) is 27.2. The van der Waals surface area contributed by atoms with E-state index in [-0.39, 0.29) is 28.5 Å². The Morgan fingerprint density at radius 3 is 1.82 bits per heavy atom. The average Bonchev–Trinajstić information content (AvgIpc) is 2.85. The minimum atomic E-state index is -3.85. The molecule has 0 spiro atoms. The lowest BCUT2D eigenvalue weighted by atomic mass is 9.99. The molecule has 1 aliphatic carbocycles. The monoisotopic (exact) mass is 457 g/mol. The van der Waals surface area contributed by atoms with Crippen LogP contribution in [0.5, 0.6) is 0 Å². The highest BCUT2D eigenvalue weighted by atomic mass is 32.2. The molecule has 0 unspecified atom stereocenters. The number of rotatable bonds is 7. The largest absolute Gasteiger partial charge is 0.292 e. The summed E-state index contributed by atoms with van der Waals surface area (Å²) in [4.78, 5) is 21.9. The average molecular weight is 458 g/mol. The molecule has 166 valence electrons. The number of Topliss-reactive ketones (excluding diaryl/α,β-unsaturated/α-hetero) is 1. The highest BCUT2D eigenvalue weighted by Crippen LogP contribution is 2.17. The minimum absolute atomic E-state index is 0.0242. The molecule has 0 aliphatic heterocycles. The third kappa shape index (κ3) is 5.90. The van der Waals surface area contributed by atoms with Crippen LogP contribution in [-0.2, 0) is 27.9 Å². The van der Waals surface area contributed by atoms with Crippen molar-refractivity contribution in [2.24, 2.45) is 9.98 Å². The van der Waals surface area contributed by atoms with E-state index in [2.05, 4.69) is 14.7 Å². The molecule has 33 heavy (non-hydrogen) atoms. The van der Waals surface area contributed by atoms with Gasteiger partial charge < -0.3 is 0 Å². The zero-order valence-corrected chi connectivity index (χ0v) is 18.7. The summed E-state index contributed by atoms with van der Waals surface area (Å²) in [7, 11) is -3.85. The van der Waals surface area contributed by atoms with Crippen molar-refractivity contribution >= 4 is 27.2 Å². The Kier molecular flexibility index (Phi) is 6.90. The van der Waals surface area contributed by atoms with Crippen molar-refractivity contribution in [1.82, 2.24) is 4.72 Å². The molecule has 1 aliphatic rings. The van der Waals surface area contributed by atoms with E-state index in [1.165, 1.54) is 18.2 Å². The van der Waals surface area contributed by atoms with Crippen LogP contribution in [0.3, 0.4) is 0 Å². The predicted octanol–water partition coefficient (Wildman–Crippen LogP) is 4.10. The number of nitrogens with zero attached hydrogens (tertiary/aromatic N) is 2. The zero-order valence-electron chi connectivity index (χ0n) is 17.9. The summed E-state index contributed by atoms with van der Waals surface area (Å²) in [5.41, 5.74) is 2.80. The summed E-state index contributed by atoms with van der Waals surface area (Å²) in [6.45, 7) is 0.665. The summed E-state index contributed by atoms with van der Waals surface area (Å²) in [5, 5.41) is 0. The van der Waals surface area contributed by atoms with Gasteiger partial charge >= 0.3 is 0 Å². The number of allylic oxidation sites excluding steroid dienone is 2. The SMILES string of the molecule is O=C1CC(=NCc2ccccc2)C(NS(=O)(=O)c2ccccc2)=CC1=NCc1ccccc1. The lowest BCUT2D eigenvalue weighted by Crippen LogP contribution is -2.34. The van der Waals surface area contributed by atoms with Crippen molar-refractivity contribution in [2.45, 2.75) is 24.4 Å². The van der Waals surface area contributed by atoms with Crippen LogP contribution in [0, 0.1) is 0 Å². The molecule has 6 nitrogen and oxygen atoms in total. The maximum absolute atomic E-state index is 13.0.